The fraction of sp³-hybridized carbons (Fsp3) is 0.375. The van der Waals surface area contributed by atoms with E-state index < -0.39 is 0 Å². The summed E-state index contributed by atoms with van der Waals surface area (Å²) < 4.78 is 4.78. The number of rotatable bonds is 3. The van der Waals surface area contributed by atoms with Gasteiger partial charge >= 0.3 is 0 Å². The molecular weight excluding hydrogens is 126 g/mol. The van der Waals surface area contributed by atoms with Crippen LogP contribution in [0.3, 0.4) is 0 Å². The molecule has 0 aromatic heterocycles. The number of ether oxygens (including phenoxy) is 1. The summed E-state index contributed by atoms with van der Waals surface area (Å²) in [6, 6.07) is 0. The van der Waals surface area contributed by atoms with Crippen molar-refractivity contribution < 1.29 is 4.74 Å². The Bertz CT molecular complexity index is 164. The van der Waals surface area contributed by atoms with Gasteiger partial charge in [0.15, 0.2) is 0 Å². The van der Waals surface area contributed by atoms with Crippen molar-refractivity contribution in [3.8, 4) is 0 Å². The minimum atomic E-state index is 0.616. The van der Waals surface area contributed by atoms with E-state index in [1.54, 1.807) is 19.4 Å². The zero-order valence-corrected chi connectivity index (χ0v) is 6.72. The zero-order chi connectivity index (χ0) is 7.98. The third-order valence-electron chi connectivity index (χ3n) is 0.855. The Morgan fingerprint density at radius 2 is 2.10 bits per heavy atom. The first-order valence-electron chi connectivity index (χ1n) is 3.07. The first-order valence-corrected chi connectivity index (χ1v) is 3.07. The van der Waals surface area contributed by atoms with Crippen molar-refractivity contribution in [1.29, 1.82) is 0 Å². The van der Waals surface area contributed by atoms with Crippen molar-refractivity contribution >= 4 is 5.71 Å². The molecule has 2 nitrogen and oxygen atoms in total. The van der Waals surface area contributed by atoms with E-state index in [9.17, 15) is 0 Å². The molecule has 0 aromatic rings. The lowest BCUT2D eigenvalue weighted by Gasteiger charge is -1.92. The van der Waals surface area contributed by atoms with Crippen LogP contribution in [0.1, 0.15) is 13.8 Å². The Kier molecular flexibility index (Phi) is 4.29. The number of nitrogens with zero attached hydrogens (tertiary/aromatic N) is 1. The molecule has 0 aromatic carbocycles. The van der Waals surface area contributed by atoms with Crippen LogP contribution in [0.25, 0.3) is 0 Å². The molecule has 0 saturated carbocycles. The minimum Gasteiger partial charge on any atom is -0.497 e. The quantitative estimate of drug-likeness (QED) is 0.333. The van der Waals surface area contributed by atoms with Gasteiger partial charge in [-0.05, 0) is 19.9 Å². The summed E-state index contributed by atoms with van der Waals surface area (Å²) in [5.74, 6) is 0.616. The summed E-state index contributed by atoms with van der Waals surface area (Å²) in [6.07, 6.45) is 3.38. The molecule has 0 atom stereocenters. The molecule has 0 radical (unpaired) electrons. The Morgan fingerprint density at radius 1 is 1.50 bits per heavy atom. The molecule has 10 heavy (non-hydrogen) atoms. The number of aliphatic imine (C=N–C) groups is 1. The van der Waals surface area contributed by atoms with E-state index in [2.05, 4.69) is 11.6 Å². The molecule has 0 spiro atoms. The molecule has 2 heteroatoms. The van der Waals surface area contributed by atoms with Gasteiger partial charge in [0.2, 0.25) is 0 Å². The highest BCUT2D eigenvalue weighted by Gasteiger charge is 1.78. The maximum atomic E-state index is 4.78. The number of methoxy groups -OCH3 is 1. The molecule has 0 aliphatic carbocycles. The Morgan fingerprint density at radius 3 is 2.50 bits per heavy atom. The maximum Gasteiger partial charge on any atom is 0.113 e. The number of hydrogen-bond acceptors (Lipinski definition) is 2. The van der Waals surface area contributed by atoms with E-state index in [0.29, 0.717) is 5.76 Å². The van der Waals surface area contributed by atoms with Crippen LogP contribution in [0, 0.1) is 0 Å². The summed E-state index contributed by atoms with van der Waals surface area (Å²) in [5.41, 5.74) is 1.01. The van der Waals surface area contributed by atoms with Crippen LogP contribution < -0.4 is 0 Å². The predicted octanol–water partition coefficient (Wildman–Crippen LogP) is 2.14. The van der Waals surface area contributed by atoms with E-state index in [1.807, 2.05) is 13.8 Å². The van der Waals surface area contributed by atoms with Crippen molar-refractivity contribution in [2.45, 2.75) is 13.8 Å². The zero-order valence-electron chi connectivity index (χ0n) is 6.72. The Labute approximate surface area is 61.9 Å². The van der Waals surface area contributed by atoms with Crippen LogP contribution in [0.4, 0.5) is 0 Å². The molecule has 0 heterocycles. The highest BCUT2D eigenvalue weighted by atomic mass is 16.5. The average Bonchev–Trinajstić information content (AvgIpc) is 1.87. The van der Waals surface area contributed by atoms with E-state index in [0.717, 1.165) is 5.71 Å². The lowest BCUT2D eigenvalue weighted by atomic mass is 10.5. The van der Waals surface area contributed by atoms with Gasteiger partial charge < -0.3 is 4.74 Å². The smallest absolute Gasteiger partial charge is 0.113 e. The number of allylic oxidation sites excluding steroid dienone is 1. The summed E-state index contributed by atoms with van der Waals surface area (Å²) in [5, 5.41) is 0. The van der Waals surface area contributed by atoms with Gasteiger partial charge in [-0.1, -0.05) is 6.58 Å². The predicted molar refractivity (Wildman–Crippen MR) is 44.1 cm³/mol. The van der Waals surface area contributed by atoms with Gasteiger partial charge in [0.25, 0.3) is 0 Å². The Balaban J connectivity index is 3.77. The lowest BCUT2D eigenvalue weighted by molar-refractivity contribution is 0.308. The minimum absolute atomic E-state index is 0.616. The third-order valence-corrected chi connectivity index (χ3v) is 0.855. The fourth-order valence-electron chi connectivity index (χ4n) is 0.338. The van der Waals surface area contributed by atoms with Crippen LogP contribution in [0.5, 0.6) is 0 Å². The third kappa shape index (κ3) is 5.09. The van der Waals surface area contributed by atoms with Crippen LogP contribution in [-0.2, 0) is 4.74 Å². The molecule has 0 fully saturated rings. The van der Waals surface area contributed by atoms with Gasteiger partial charge in [-0.15, -0.1) is 0 Å². The first kappa shape index (κ1) is 8.95. The highest BCUT2D eigenvalue weighted by Crippen LogP contribution is 1.92. The van der Waals surface area contributed by atoms with Gasteiger partial charge in [-0.2, -0.15) is 0 Å². The molecule has 0 rings (SSSR count). The van der Waals surface area contributed by atoms with Gasteiger partial charge in [0.05, 0.1) is 7.11 Å². The molecule has 0 saturated heterocycles. The average molecular weight is 139 g/mol. The van der Waals surface area contributed by atoms with Gasteiger partial charge in [0, 0.05) is 11.9 Å². The van der Waals surface area contributed by atoms with Crippen LogP contribution in [0.2, 0.25) is 0 Å². The summed E-state index contributed by atoms with van der Waals surface area (Å²) >= 11 is 0. The van der Waals surface area contributed by atoms with Crippen LogP contribution in [-0.4, -0.2) is 12.8 Å². The maximum absolute atomic E-state index is 4.78. The summed E-state index contributed by atoms with van der Waals surface area (Å²) in [4.78, 5) is 4.01. The summed E-state index contributed by atoms with van der Waals surface area (Å²) in [7, 11) is 1.58. The van der Waals surface area contributed by atoms with E-state index in [1.165, 1.54) is 0 Å². The molecule has 56 valence electrons. The SMILES string of the molecule is C=C(C=CN=C(C)C)OC. The topological polar surface area (TPSA) is 21.6 Å². The molecular formula is C8H13NO. The second-order valence-corrected chi connectivity index (χ2v) is 2.06. The molecule has 0 aliphatic rings. The molecule has 0 aliphatic heterocycles. The Hall–Kier alpha value is -1.05. The molecule has 0 bridgehead atoms. The van der Waals surface area contributed by atoms with Crippen molar-refractivity contribution in [3.63, 3.8) is 0 Å². The van der Waals surface area contributed by atoms with E-state index >= 15 is 0 Å². The highest BCUT2D eigenvalue weighted by molar-refractivity contribution is 5.79. The molecule has 0 N–H and O–H groups in total. The second kappa shape index (κ2) is 4.79. The van der Waals surface area contributed by atoms with Crippen molar-refractivity contribution in [2.75, 3.05) is 7.11 Å². The lowest BCUT2D eigenvalue weighted by Crippen LogP contribution is -1.78. The summed E-state index contributed by atoms with van der Waals surface area (Å²) in [6.45, 7) is 7.45. The van der Waals surface area contributed by atoms with Crippen LogP contribution in [0.15, 0.2) is 29.6 Å². The normalized spacial score (nSPS) is 9.50. The largest absolute Gasteiger partial charge is 0.497 e. The van der Waals surface area contributed by atoms with Gasteiger partial charge in [-0.3, -0.25) is 4.99 Å². The first-order chi connectivity index (χ1) is 4.66. The molecule has 0 unspecified atom stereocenters. The van der Waals surface area contributed by atoms with Crippen molar-refractivity contribution in [2.24, 2.45) is 4.99 Å². The van der Waals surface area contributed by atoms with E-state index in [-0.39, 0.29) is 0 Å². The van der Waals surface area contributed by atoms with Crippen LogP contribution >= 0.6 is 0 Å². The van der Waals surface area contributed by atoms with Crippen molar-refractivity contribution in [1.82, 2.24) is 0 Å². The van der Waals surface area contributed by atoms with Gasteiger partial charge in [0.1, 0.15) is 5.76 Å². The fourth-order valence-corrected chi connectivity index (χ4v) is 0.338. The standard InChI is InChI=1S/C8H13NO/c1-7(2)9-6-5-8(3)10-4/h5-6H,3H2,1-2,4H3. The van der Waals surface area contributed by atoms with Gasteiger partial charge in [-0.25, -0.2) is 0 Å². The molecule has 0 amide bonds. The monoisotopic (exact) mass is 139 g/mol. The number of hydrogen-bond donors (Lipinski definition) is 0. The van der Waals surface area contributed by atoms with Crippen molar-refractivity contribution in [3.05, 3.63) is 24.6 Å². The second-order valence-electron chi connectivity index (χ2n) is 2.06. The van der Waals surface area contributed by atoms with E-state index in [4.69, 9.17) is 4.74 Å².